The molecule has 0 spiro atoms. The monoisotopic (exact) mass is 161 g/mol. The number of hydrogen-bond donors (Lipinski definition) is 3. The van der Waals surface area contributed by atoms with Crippen LogP contribution in [0.2, 0.25) is 0 Å². The van der Waals surface area contributed by atoms with E-state index in [2.05, 4.69) is 5.32 Å². The van der Waals surface area contributed by atoms with Crippen LogP contribution in [0.3, 0.4) is 0 Å². The maximum Gasteiger partial charge on any atom is 0.0715 e. The highest BCUT2D eigenvalue weighted by Gasteiger charge is 2.11. The minimum absolute atomic E-state index is 0.193. The largest absolute Gasteiger partial charge is 0.396 e. The van der Waals surface area contributed by atoms with Gasteiger partial charge in [0.05, 0.1) is 5.60 Å². The molecule has 0 radical (unpaired) electrons. The zero-order chi connectivity index (χ0) is 8.91. The lowest BCUT2D eigenvalue weighted by Crippen LogP contribution is -2.37. The Hall–Kier alpha value is -0.120. The molecule has 0 saturated carbocycles. The van der Waals surface area contributed by atoms with E-state index in [1.807, 2.05) is 6.92 Å². The lowest BCUT2D eigenvalue weighted by Gasteiger charge is -2.18. The first-order valence-corrected chi connectivity index (χ1v) is 3.99. The van der Waals surface area contributed by atoms with Gasteiger partial charge < -0.3 is 15.5 Å². The van der Waals surface area contributed by atoms with Gasteiger partial charge in [0.1, 0.15) is 0 Å². The van der Waals surface area contributed by atoms with Gasteiger partial charge >= 0.3 is 0 Å². The van der Waals surface area contributed by atoms with Gasteiger partial charge in [-0.25, -0.2) is 0 Å². The first kappa shape index (κ1) is 10.9. The Bertz CT molecular complexity index is 98.8. The van der Waals surface area contributed by atoms with E-state index < -0.39 is 5.60 Å². The molecule has 0 aliphatic heterocycles. The number of aliphatic hydroxyl groups excluding tert-OH is 1. The first-order valence-electron chi connectivity index (χ1n) is 3.99. The van der Waals surface area contributed by atoms with E-state index in [-0.39, 0.29) is 12.5 Å². The second kappa shape index (κ2) is 4.70. The van der Waals surface area contributed by atoms with E-state index in [4.69, 9.17) is 5.11 Å². The fourth-order valence-electron chi connectivity index (χ4n) is 0.689. The molecule has 1 atom stereocenters. The van der Waals surface area contributed by atoms with Gasteiger partial charge in [-0.2, -0.15) is 0 Å². The molecule has 0 aliphatic carbocycles. The van der Waals surface area contributed by atoms with E-state index >= 15 is 0 Å². The van der Waals surface area contributed by atoms with Crippen LogP contribution in [0.25, 0.3) is 0 Å². The van der Waals surface area contributed by atoms with Crippen LogP contribution in [0, 0.1) is 5.92 Å². The summed E-state index contributed by atoms with van der Waals surface area (Å²) in [6.07, 6.45) is 0. The van der Waals surface area contributed by atoms with Crippen molar-refractivity contribution < 1.29 is 10.2 Å². The van der Waals surface area contributed by atoms with Crippen LogP contribution in [-0.2, 0) is 0 Å². The first-order chi connectivity index (χ1) is 4.95. The van der Waals surface area contributed by atoms with Crippen molar-refractivity contribution >= 4 is 0 Å². The van der Waals surface area contributed by atoms with Gasteiger partial charge in [-0.1, -0.05) is 6.92 Å². The molecular formula is C8H19NO2. The van der Waals surface area contributed by atoms with E-state index in [1.165, 1.54) is 0 Å². The normalized spacial score (nSPS) is 15.0. The third-order valence-electron chi connectivity index (χ3n) is 1.36. The fraction of sp³-hybridized carbons (Fsp3) is 1.00. The van der Waals surface area contributed by atoms with Crippen molar-refractivity contribution in [2.24, 2.45) is 5.92 Å². The van der Waals surface area contributed by atoms with Crippen LogP contribution in [0.5, 0.6) is 0 Å². The van der Waals surface area contributed by atoms with Crippen molar-refractivity contribution in [2.45, 2.75) is 26.4 Å². The smallest absolute Gasteiger partial charge is 0.0715 e. The standard InChI is InChI=1S/C8H19NO2/c1-7(5-10)4-9-6-8(2,3)11/h7,9-11H,4-6H2,1-3H3. The Balaban J connectivity index is 3.28. The Kier molecular flexibility index (Phi) is 4.65. The highest BCUT2D eigenvalue weighted by molar-refractivity contribution is 4.69. The molecule has 0 aromatic carbocycles. The molecule has 0 saturated heterocycles. The van der Waals surface area contributed by atoms with Crippen molar-refractivity contribution in [1.29, 1.82) is 0 Å². The molecular weight excluding hydrogens is 142 g/mol. The molecule has 0 bridgehead atoms. The van der Waals surface area contributed by atoms with Crippen molar-refractivity contribution in [2.75, 3.05) is 19.7 Å². The van der Waals surface area contributed by atoms with Crippen LogP contribution in [0.1, 0.15) is 20.8 Å². The Morgan fingerprint density at radius 1 is 1.45 bits per heavy atom. The molecule has 11 heavy (non-hydrogen) atoms. The predicted molar refractivity (Wildman–Crippen MR) is 45.4 cm³/mol. The summed E-state index contributed by atoms with van der Waals surface area (Å²) in [6.45, 7) is 6.97. The van der Waals surface area contributed by atoms with Crippen LogP contribution in [-0.4, -0.2) is 35.5 Å². The van der Waals surface area contributed by atoms with Crippen molar-refractivity contribution in [3.8, 4) is 0 Å². The molecule has 0 fully saturated rings. The second-order valence-electron chi connectivity index (χ2n) is 3.73. The van der Waals surface area contributed by atoms with E-state index in [1.54, 1.807) is 13.8 Å². The summed E-state index contributed by atoms with van der Waals surface area (Å²) < 4.78 is 0. The average Bonchev–Trinajstić information content (AvgIpc) is 1.85. The van der Waals surface area contributed by atoms with Gasteiger partial charge in [0.25, 0.3) is 0 Å². The summed E-state index contributed by atoms with van der Waals surface area (Å²) in [7, 11) is 0. The third kappa shape index (κ3) is 7.78. The van der Waals surface area contributed by atoms with Crippen LogP contribution in [0.4, 0.5) is 0 Å². The zero-order valence-corrected chi connectivity index (χ0v) is 7.59. The molecule has 1 unspecified atom stereocenters. The van der Waals surface area contributed by atoms with E-state index in [9.17, 15) is 5.11 Å². The third-order valence-corrected chi connectivity index (χ3v) is 1.36. The summed E-state index contributed by atoms with van der Waals surface area (Å²) in [5.74, 6) is 0.261. The highest BCUT2D eigenvalue weighted by Crippen LogP contribution is 1.98. The Labute approximate surface area is 68.4 Å². The van der Waals surface area contributed by atoms with Crippen molar-refractivity contribution in [3.05, 3.63) is 0 Å². The topological polar surface area (TPSA) is 52.5 Å². The molecule has 3 heteroatoms. The number of aliphatic hydroxyl groups is 2. The summed E-state index contributed by atoms with van der Waals surface area (Å²) in [6, 6.07) is 0. The lowest BCUT2D eigenvalue weighted by molar-refractivity contribution is 0.0777. The summed E-state index contributed by atoms with van der Waals surface area (Å²) in [5, 5.41) is 21.0. The molecule has 3 nitrogen and oxygen atoms in total. The van der Waals surface area contributed by atoms with Crippen molar-refractivity contribution in [3.63, 3.8) is 0 Å². The SMILES string of the molecule is CC(CO)CNCC(C)(C)O. The summed E-state index contributed by atoms with van der Waals surface area (Å²) in [4.78, 5) is 0. The lowest BCUT2D eigenvalue weighted by atomic mass is 10.1. The molecule has 0 aromatic heterocycles. The van der Waals surface area contributed by atoms with Gasteiger partial charge in [0, 0.05) is 13.2 Å². The van der Waals surface area contributed by atoms with Crippen LogP contribution >= 0.6 is 0 Å². The van der Waals surface area contributed by atoms with E-state index in [0.717, 1.165) is 6.54 Å². The van der Waals surface area contributed by atoms with Gasteiger partial charge in [0.15, 0.2) is 0 Å². The fourth-order valence-corrected chi connectivity index (χ4v) is 0.689. The maximum absolute atomic E-state index is 9.28. The molecule has 0 aliphatic rings. The molecule has 3 N–H and O–H groups in total. The summed E-state index contributed by atoms with van der Waals surface area (Å²) in [5.41, 5.74) is -0.658. The van der Waals surface area contributed by atoms with Crippen LogP contribution in [0.15, 0.2) is 0 Å². The predicted octanol–water partition coefficient (Wildman–Crippen LogP) is -0.0247. The van der Waals surface area contributed by atoms with Gasteiger partial charge in [0.2, 0.25) is 0 Å². The van der Waals surface area contributed by atoms with Gasteiger partial charge in [-0.05, 0) is 26.3 Å². The average molecular weight is 161 g/mol. The molecule has 0 heterocycles. The van der Waals surface area contributed by atoms with Crippen LogP contribution < -0.4 is 5.32 Å². The zero-order valence-electron chi connectivity index (χ0n) is 7.59. The summed E-state index contributed by atoms with van der Waals surface area (Å²) >= 11 is 0. The second-order valence-corrected chi connectivity index (χ2v) is 3.73. The Morgan fingerprint density at radius 3 is 2.36 bits per heavy atom. The van der Waals surface area contributed by atoms with Gasteiger partial charge in [-0.3, -0.25) is 0 Å². The maximum atomic E-state index is 9.28. The van der Waals surface area contributed by atoms with Crippen molar-refractivity contribution in [1.82, 2.24) is 5.32 Å². The number of rotatable bonds is 5. The van der Waals surface area contributed by atoms with Gasteiger partial charge in [-0.15, -0.1) is 0 Å². The quantitative estimate of drug-likeness (QED) is 0.531. The number of nitrogens with one attached hydrogen (secondary N) is 1. The molecule has 0 amide bonds. The Morgan fingerprint density at radius 2 is 2.00 bits per heavy atom. The minimum Gasteiger partial charge on any atom is -0.396 e. The molecule has 0 aromatic rings. The number of hydrogen-bond acceptors (Lipinski definition) is 3. The minimum atomic E-state index is -0.658. The molecule has 0 rings (SSSR count). The van der Waals surface area contributed by atoms with E-state index in [0.29, 0.717) is 6.54 Å². The highest BCUT2D eigenvalue weighted by atomic mass is 16.3. The molecule has 68 valence electrons.